The predicted molar refractivity (Wildman–Crippen MR) is 131 cm³/mol. The van der Waals surface area contributed by atoms with Gasteiger partial charge < -0.3 is 9.84 Å². The number of aromatic nitrogens is 1. The molecule has 3 aromatic carbocycles. The lowest BCUT2D eigenvalue weighted by atomic mass is 10.1. The number of aryl methyl sites for hydroxylation is 1. The zero-order valence-corrected chi connectivity index (χ0v) is 19.9. The molecule has 0 radical (unpaired) electrons. The fraction of sp³-hybridized carbons (Fsp3) is 0.120. The minimum atomic E-state index is -3.68. The van der Waals surface area contributed by atoms with E-state index in [1.54, 1.807) is 31.2 Å². The Morgan fingerprint density at radius 2 is 1.65 bits per heavy atom. The topological polar surface area (TPSA) is 101 Å². The van der Waals surface area contributed by atoms with Gasteiger partial charge in [-0.05, 0) is 49.2 Å². The van der Waals surface area contributed by atoms with Crippen molar-refractivity contribution in [2.24, 2.45) is 0 Å². The largest absolute Gasteiger partial charge is 0.360 e. The molecule has 0 unspecified atom stereocenters. The van der Waals surface area contributed by atoms with Crippen LogP contribution in [0.2, 0.25) is 5.02 Å². The lowest BCUT2D eigenvalue weighted by Gasteiger charge is -2.09. The Morgan fingerprint density at radius 1 is 0.971 bits per heavy atom. The molecule has 2 N–H and O–H groups in total. The van der Waals surface area contributed by atoms with E-state index in [2.05, 4.69) is 15.2 Å². The molecule has 7 nitrogen and oxygen atoms in total. The van der Waals surface area contributed by atoms with Crippen LogP contribution in [0.1, 0.15) is 21.7 Å². The molecule has 4 rings (SSSR count). The van der Waals surface area contributed by atoms with Gasteiger partial charge in [-0.1, -0.05) is 65.3 Å². The Balaban J connectivity index is 1.45. The summed E-state index contributed by atoms with van der Waals surface area (Å²) in [5.41, 5.74) is 2.64. The molecule has 0 spiro atoms. The van der Waals surface area contributed by atoms with E-state index >= 15 is 0 Å². The molecule has 0 saturated carbocycles. The zero-order chi connectivity index (χ0) is 24.1. The van der Waals surface area contributed by atoms with Crippen molar-refractivity contribution in [1.29, 1.82) is 0 Å². The van der Waals surface area contributed by atoms with Gasteiger partial charge in [0, 0.05) is 17.8 Å². The third kappa shape index (κ3) is 5.36. The van der Waals surface area contributed by atoms with Crippen LogP contribution in [0.4, 0.5) is 5.69 Å². The summed E-state index contributed by atoms with van der Waals surface area (Å²) in [6.45, 7) is 1.92. The molecule has 4 aromatic rings. The van der Waals surface area contributed by atoms with Gasteiger partial charge >= 0.3 is 0 Å². The summed E-state index contributed by atoms with van der Waals surface area (Å²) in [5, 5.41) is 7.20. The van der Waals surface area contributed by atoms with Crippen LogP contribution in [0.5, 0.6) is 0 Å². The standard InChI is InChI=1S/C25H22ClN3O4S/c1-17-23(24(29-33-17)21-9-5-6-10-22(21)26)25(30)28-19-11-13-20(14-12-19)34(31,32)27-16-15-18-7-3-2-4-8-18/h2-14,27H,15-16H2,1H3,(H,28,30). The van der Waals surface area contributed by atoms with Crippen molar-refractivity contribution in [3.05, 3.63) is 101 Å². The van der Waals surface area contributed by atoms with Crippen LogP contribution in [0.3, 0.4) is 0 Å². The van der Waals surface area contributed by atoms with Crippen molar-refractivity contribution in [1.82, 2.24) is 9.88 Å². The molecule has 1 heterocycles. The third-order valence-electron chi connectivity index (χ3n) is 5.19. The Kier molecular flexibility index (Phi) is 7.12. The van der Waals surface area contributed by atoms with Crippen molar-refractivity contribution in [2.75, 3.05) is 11.9 Å². The number of halogens is 1. The number of amides is 1. The van der Waals surface area contributed by atoms with Crippen molar-refractivity contribution >= 4 is 33.2 Å². The number of anilines is 1. The normalized spacial score (nSPS) is 11.4. The van der Waals surface area contributed by atoms with Crippen LogP contribution in [0.25, 0.3) is 11.3 Å². The van der Waals surface area contributed by atoms with E-state index in [0.29, 0.717) is 34.1 Å². The first-order valence-corrected chi connectivity index (χ1v) is 12.4. The summed E-state index contributed by atoms with van der Waals surface area (Å²) in [6, 6.07) is 22.6. The summed E-state index contributed by atoms with van der Waals surface area (Å²) < 4.78 is 33.0. The molecule has 34 heavy (non-hydrogen) atoms. The van der Waals surface area contributed by atoms with Gasteiger partial charge in [-0.3, -0.25) is 4.79 Å². The SMILES string of the molecule is Cc1onc(-c2ccccc2Cl)c1C(=O)Nc1ccc(S(=O)(=O)NCCc2ccccc2)cc1. The van der Waals surface area contributed by atoms with Crippen LogP contribution in [0.15, 0.2) is 88.3 Å². The van der Waals surface area contributed by atoms with E-state index in [1.165, 1.54) is 24.3 Å². The lowest BCUT2D eigenvalue weighted by Crippen LogP contribution is -2.26. The summed E-state index contributed by atoms with van der Waals surface area (Å²) in [6.07, 6.45) is 0.583. The van der Waals surface area contributed by atoms with Crippen molar-refractivity contribution in [2.45, 2.75) is 18.2 Å². The average Bonchev–Trinajstić information content (AvgIpc) is 3.21. The maximum absolute atomic E-state index is 13.0. The molecule has 0 atom stereocenters. The molecule has 9 heteroatoms. The minimum absolute atomic E-state index is 0.108. The van der Waals surface area contributed by atoms with E-state index in [0.717, 1.165) is 5.56 Å². The number of carbonyl (C=O) groups excluding carboxylic acids is 1. The Bertz CT molecular complexity index is 1400. The average molecular weight is 496 g/mol. The highest BCUT2D eigenvalue weighted by Crippen LogP contribution is 2.31. The van der Waals surface area contributed by atoms with E-state index in [9.17, 15) is 13.2 Å². The molecule has 0 aliphatic carbocycles. The maximum Gasteiger partial charge on any atom is 0.261 e. The van der Waals surface area contributed by atoms with E-state index in [1.807, 2.05) is 30.3 Å². The molecule has 0 bridgehead atoms. The van der Waals surface area contributed by atoms with Crippen LogP contribution in [-0.4, -0.2) is 26.0 Å². The van der Waals surface area contributed by atoms with Gasteiger partial charge in [0.1, 0.15) is 17.0 Å². The molecule has 0 fully saturated rings. The number of benzene rings is 3. The highest BCUT2D eigenvalue weighted by Gasteiger charge is 2.23. The molecular weight excluding hydrogens is 474 g/mol. The smallest absolute Gasteiger partial charge is 0.261 e. The number of nitrogens with one attached hydrogen (secondary N) is 2. The highest BCUT2D eigenvalue weighted by molar-refractivity contribution is 7.89. The molecule has 0 aliphatic heterocycles. The van der Waals surface area contributed by atoms with Gasteiger partial charge in [0.2, 0.25) is 10.0 Å². The first kappa shape index (κ1) is 23.7. The molecular formula is C25H22ClN3O4S. The Hall–Kier alpha value is -3.46. The maximum atomic E-state index is 13.0. The molecule has 0 aliphatic rings. The van der Waals surface area contributed by atoms with E-state index in [-0.39, 0.29) is 17.0 Å². The Morgan fingerprint density at radius 3 is 2.35 bits per heavy atom. The van der Waals surface area contributed by atoms with Crippen molar-refractivity contribution in [3.8, 4) is 11.3 Å². The molecule has 0 saturated heterocycles. The van der Waals surface area contributed by atoms with Crippen LogP contribution < -0.4 is 10.0 Å². The summed E-state index contributed by atoms with van der Waals surface area (Å²) in [5.74, 6) is -0.0977. The van der Waals surface area contributed by atoms with Crippen LogP contribution in [-0.2, 0) is 16.4 Å². The van der Waals surface area contributed by atoms with Crippen molar-refractivity contribution < 1.29 is 17.7 Å². The number of rotatable bonds is 8. The second-order valence-electron chi connectivity index (χ2n) is 7.55. The van der Waals surface area contributed by atoms with E-state index in [4.69, 9.17) is 16.1 Å². The lowest BCUT2D eigenvalue weighted by molar-refractivity contribution is 0.102. The van der Waals surface area contributed by atoms with Gasteiger partial charge in [0.25, 0.3) is 5.91 Å². The second kappa shape index (κ2) is 10.2. The second-order valence-corrected chi connectivity index (χ2v) is 9.73. The molecule has 1 aromatic heterocycles. The molecule has 174 valence electrons. The number of carbonyl (C=O) groups is 1. The first-order chi connectivity index (χ1) is 16.3. The first-order valence-electron chi connectivity index (χ1n) is 10.5. The number of hydrogen-bond acceptors (Lipinski definition) is 5. The number of nitrogens with zero attached hydrogens (tertiary/aromatic N) is 1. The number of hydrogen-bond donors (Lipinski definition) is 2. The zero-order valence-electron chi connectivity index (χ0n) is 18.3. The van der Waals surface area contributed by atoms with Gasteiger partial charge in [-0.15, -0.1) is 0 Å². The summed E-state index contributed by atoms with van der Waals surface area (Å²) in [7, 11) is -3.68. The fourth-order valence-corrected chi connectivity index (χ4v) is 4.70. The number of sulfonamides is 1. The van der Waals surface area contributed by atoms with Gasteiger partial charge in [0.15, 0.2) is 0 Å². The summed E-state index contributed by atoms with van der Waals surface area (Å²) >= 11 is 6.26. The third-order valence-corrected chi connectivity index (χ3v) is 7.00. The van der Waals surface area contributed by atoms with Crippen LogP contribution in [0, 0.1) is 6.92 Å². The fourth-order valence-electron chi connectivity index (χ4n) is 3.45. The minimum Gasteiger partial charge on any atom is -0.360 e. The highest BCUT2D eigenvalue weighted by atomic mass is 35.5. The monoisotopic (exact) mass is 495 g/mol. The van der Waals surface area contributed by atoms with Crippen molar-refractivity contribution in [3.63, 3.8) is 0 Å². The predicted octanol–water partition coefficient (Wildman–Crippen LogP) is 5.08. The van der Waals surface area contributed by atoms with Crippen LogP contribution >= 0.6 is 11.6 Å². The quantitative estimate of drug-likeness (QED) is 0.355. The summed E-state index contributed by atoms with van der Waals surface area (Å²) in [4.78, 5) is 13.1. The molecule has 1 amide bonds. The van der Waals surface area contributed by atoms with Gasteiger partial charge in [-0.25, -0.2) is 13.1 Å². The van der Waals surface area contributed by atoms with Gasteiger partial charge in [0.05, 0.1) is 9.92 Å². The van der Waals surface area contributed by atoms with Gasteiger partial charge in [-0.2, -0.15) is 0 Å². The Labute approximate surface area is 202 Å². The van der Waals surface area contributed by atoms with E-state index < -0.39 is 15.9 Å².